The maximum atomic E-state index is 4.34. The number of thioether (sulfide) groups is 1. The summed E-state index contributed by atoms with van der Waals surface area (Å²) in [7, 11) is 0. The van der Waals surface area contributed by atoms with Gasteiger partial charge in [0, 0.05) is 11.0 Å². The highest BCUT2D eigenvalue weighted by Gasteiger charge is 1.95. The molecule has 0 radical (unpaired) electrons. The van der Waals surface area contributed by atoms with E-state index in [0.29, 0.717) is 5.25 Å². The van der Waals surface area contributed by atoms with Crippen LogP contribution in [0.15, 0.2) is 0 Å². The van der Waals surface area contributed by atoms with Crippen LogP contribution in [0, 0.1) is 0 Å². The Hall–Kier alpha value is 0.700. The van der Waals surface area contributed by atoms with Gasteiger partial charge in [0.1, 0.15) is 0 Å². The van der Waals surface area contributed by atoms with Gasteiger partial charge in [-0.2, -0.15) is 24.4 Å². The molecule has 8 heavy (non-hydrogen) atoms. The smallest absolute Gasteiger partial charge is 0.0105 e. The van der Waals surface area contributed by atoms with Gasteiger partial charge in [-0.3, -0.25) is 0 Å². The van der Waals surface area contributed by atoms with E-state index in [2.05, 4.69) is 26.5 Å². The fourth-order valence-corrected chi connectivity index (χ4v) is 1.43. The lowest BCUT2D eigenvalue weighted by Crippen LogP contribution is -1.99. The summed E-state index contributed by atoms with van der Waals surface area (Å²) in [4.78, 5) is 0. The van der Waals surface area contributed by atoms with Gasteiger partial charge in [-0.05, 0) is 12.2 Å². The van der Waals surface area contributed by atoms with Crippen molar-refractivity contribution in [3.8, 4) is 0 Å². The molecule has 0 aromatic heterocycles. The van der Waals surface area contributed by atoms with E-state index in [9.17, 15) is 0 Å². The first-order valence-electron chi connectivity index (χ1n) is 3.07. The molecule has 0 bridgehead atoms. The van der Waals surface area contributed by atoms with Crippen LogP contribution in [0.3, 0.4) is 0 Å². The zero-order chi connectivity index (χ0) is 6.41. The average molecular weight is 150 g/mol. The summed E-state index contributed by atoms with van der Waals surface area (Å²) in [5.41, 5.74) is 0. The third kappa shape index (κ3) is 4.85. The Morgan fingerprint density at radius 2 is 2.12 bits per heavy atom. The third-order valence-corrected chi connectivity index (χ3v) is 2.83. The Labute approximate surface area is 61.8 Å². The molecule has 0 aliphatic rings. The van der Waals surface area contributed by atoms with Gasteiger partial charge in [0.15, 0.2) is 0 Å². The van der Waals surface area contributed by atoms with Crippen molar-refractivity contribution >= 4 is 24.4 Å². The van der Waals surface area contributed by atoms with Crippen LogP contribution >= 0.6 is 24.4 Å². The second-order valence-corrected chi connectivity index (χ2v) is 3.77. The highest BCUT2D eigenvalue weighted by molar-refractivity contribution is 8.00. The zero-order valence-electron chi connectivity index (χ0n) is 5.55. The summed E-state index contributed by atoms with van der Waals surface area (Å²) in [6.45, 7) is 4.36. The molecule has 0 heterocycles. The normalized spacial score (nSPS) is 13.9. The van der Waals surface area contributed by atoms with E-state index in [-0.39, 0.29) is 0 Å². The first-order chi connectivity index (χ1) is 3.81. The molecule has 0 amide bonds. The topological polar surface area (TPSA) is 0 Å². The zero-order valence-corrected chi connectivity index (χ0v) is 7.27. The van der Waals surface area contributed by atoms with Gasteiger partial charge >= 0.3 is 0 Å². The van der Waals surface area contributed by atoms with Crippen LogP contribution in [-0.2, 0) is 0 Å². The molecule has 0 rings (SSSR count). The SMILES string of the molecule is CCSCC(S)CC. The van der Waals surface area contributed by atoms with Gasteiger partial charge in [-0.25, -0.2) is 0 Å². The Bertz CT molecular complexity index is 45.8. The summed E-state index contributed by atoms with van der Waals surface area (Å²) >= 11 is 6.31. The van der Waals surface area contributed by atoms with Crippen molar-refractivity contribution < 1.29 is 0 Å². The number of hydrogen-bond donors (Lipinski definition) is 1. The van der Waals surface area contributed by atoms with Crippen molar-refractivity contribution in [1.82, 2.24) is 0 Å². The van der Waals surface area contributed by atoms with E-state index >= 15 is 0 Å². The van der Waals surface area contributed by atoms with E-state index < -0.39 is 0 Å². The molecule has 0 nitrogen and oxygen atoms in total. The van der Waals surface area contributed by atoms with Crippen LogP contribution < -0.4 is 0 Å². The fraction of sp³-hybridized carbons (Fsp3) is 1.00. The van der Waals surface area contributed by atoms with Crippen LogP contribution in [-0.4, -0.2) is 16.8 Å². The molecular weight excluding hydrogens is 136 g/mol. The second kappa shape index (κ2) is 5.83. The predicted molar refractivity (Wildman–Crippen MR) is 46.1 cm³/mol. The van der Waals surface area contributed by atoms with E-state index in [4.69, 9.17) is 0 Å². The standard InChI is InChI=1S/C6H14S2/c1-3-6(7)5-8-4-2/h6-7H,3-5H2,1-2H3. The maximum Gasteiger partial charge on any atom is 0.0105 e. The van der Waals surface area contributed by atoms with E-state index in [1.54, 1.807) is 0 Å². The summed E-state index contributed by atoms with van der Waals surface area (Å²) in [5.74, 6) is 2.42. The molecule has 2 heteroatoms. The van der Waals surface area contributed by atoms with E-state index in [0.717, 1.165) is 0 Å². The minimum atomic E-state index is 0.611. The molecule has 0 aromatic carbocycles. The summed E-state index contributed by atoms with van der Waals surface area (Å²) in [6, 6.07) is 0. The molecule has 0 aliphatic heterocycles. The number of rotatable bonds is 4. The monoisotopic (exact) mass is 150 g/mol. The van der Waals surface area contributed by atoms with Gasteiger partial charge in [0.25, 0.3) is 0 Å². The van der Waals surface area contributed by atoms with Crippen molar-refractivity contribution in [1.29, 1.82) is 0 Å². The molecule has 1 atom stereocenters. The molecular formula is C6H14S2. The van der Waals surface area contributed by atoms with Crippen LogP contribution in [0.5, 0.6) is 0 Å². The van der Waals surface area contributed by atoms with E-state index in [1.165, 1.54) is 17.9 Å². The molecule has 1 unspecified atom stereocenters. The number of thiol groups is 1. The fourth-order valence-electron chi connectivity index (χ4n) is 0.372. The van der Waals surface area contributed by atoms with Crippen molar-refractivity contribution in [3.63, 3.8) is 0 Å². The van der Waals surface area contributed by atoms with Crippen molar-refractivity contribution in [2.24, 2.45) is 0 Å². The third-order valence-electron chi connectivity index (χ3n) is 0.986. The first-order valence-corrected chi connectivity index (χ1v) is 4.74. The molecule has 0 saturated heterocycles. The van der Waals surface area contributed by atoms with Crippen LogP contribution in [0.25, 0.3) is 0 Å². The minimum absolute atomic E-state index is 0.611. The average Bonchev–Trinajstić information content (AvgIpc) is 1.83. The molecule has 0 N–H and O–H groups in total. The molecule has 0 fully saturated rings. The molecule has 0 spiro atoms. The lowest BCUT2D eigenvalue weighted by molar-refractivity contribution is 0.923. The predicted octanol–water partition coefficient (Wildman–Crippen LogP) is 2.45. The van der Waals surface area contributed by atoms with Crippen LogP contribution in [0.4, 0.5) is 0 Å². The Kier molecular flexibility index (Phi) is 6.34. The summed E-state index contributed by atoms with van der Waals surface area (Å²) in [6.07, 6.45) is 1.19. The summed E-state index contributed by atoms with van der Waals surface area (Å²) in [5, 5.41) is 0.611. The van der Waals surface area contributed by atoms with E-state index in [1.807, 2.05) is 11.8 Å². The van der Waals surface area contributed by atoms with Crippen molar-refractivity contribution in [2.75, 3.05) is 11.5 Å². The largest absolute Gasteiger partial charge is 0.175 e. The quantitative estimate of drug-likeness (QED) is 0.601. The van der Waals surface area contributed by atoms with Gasteiger partial charge < -0.3 is 0 Å². The minimum Gasteiger partial charge on any atom is -0.175 e. The van der Waals surface area contributed by atoms with Crippen LogP contribution in [0.1, 0.15) is 20.3 Å². The van der Waals surface area contributed by atoms with Gasteiger partial charge in [0.2, 0.25) is 0 Å². The summed E-state index contributed by atoms with van der Waals surface area (Å²) < 4.78 is 0. The second-order valence-electron chi connectivity index (χ2n) is 1.72. The van der Waals surface area contributed by atoms with Gasteiger partial charge in [0.05, 0.1) is 0 Å². The Morgan fingerprint density at radius 3 is 2.50 bits per heavy atom. The van der Waals surface area contributed by atoms with Crippen molar-refractivity contribution in [2.45, 2.75) is 25.5 Å². The molecule has 0 aromatic rings. The van der Waals surface area contributed by atoms with Gasteiger partial charge in [-0.1, -0.05) is 13.8 Å². The highest BCUT2D eigenvalue weighted by atomic mass is 32.2. The lowest BCUT2D eigenvalue weighted by Gasteiger charge is -2.03. The maximum absolute atomic E-state index is 4.34. The Morgan fingerprint density at radius 1 is 1.50 bits per heavy atom. The lowest BCUT2D eigenvalue weighted by atomic mass is 10.4. The van der Waals surface area contributed by atoms with Crippen molar-refractivity contribution in [3.05, 3.63) is 0 Å². The molecule has 50 valence electrons. The number of hydrogen-bond acceptors (Lipinski definition) is 2. The van der Waals surface area contributed by atoms with Crippen LogP contribution in [0.2, 0.25) is 0 Å². The Balaban J connectivity index is 2.86. The molecule has 0 aliphatic carbocycles. The highest BCUT2D eigenvalue weighted by Crippen LogP contribution is 2.09. The van der Waals surface area contributed by atoms with Gasteiger partial charge in [-0.15, -0.1) is 0 Å². The first kappa shape index (κ1) is 8.70. The molecule has 0 saturated carbocycles.